The first-order valence-electron chi connectivity index (χ1n) is 4.35. The lowest BCUT2D eigenvalue weighted by atomic mass is 10.3. The lowest BCUT2D eigenvalue weighted by molar-refractivity contribution is 0.328. The molecular weight excluding hydrogens is 200 g/mol. The number of pyridine rings is 2. The molecule has 14 heavy (non-hydrogen) atoms. The monoisotopic (exact) mass is 208 g/mol. The van der Waals surface area contributed by atoms with E-state index in [9.17, 15) is 0 Å². The first-order valence-corrected chi connectivity index (χ1v) is 4.73. The Morgan fingerprint density at radius 2 is 2.21 bits per heavy atom. The molecule has 0 spiro atoms. The lowest BCUT2D eigenvalue weighted by Gasteiger charge is -2.03. The summed E-state index contributed by atoms with van der Waals surface area (Å²) in [7, 11) is 0. The van der Waals surface area contributed by atoms with Gasteiger partial charge in [-0.1, -0.05) is 11.6 Å². The van der Waals surface area contributed by atoms with Gasteiger partial charge in [0.05, 0.1) is 17.1 Å². The fourth-order valence-electron chi connectivity index (χ4n) is 1.20. The number of fused-ring (bicyclic) bond motifs is 1. The largest absolute Gasteiger partial charge is 0.478 e. The van der Waals surface area contributed by atoms with Gasteiger partial charge in [0.25, 0.3) is 0 Å². The predicted molar refractivity (Wildman–Crippen MR) is 55.7 cm³/mol. The fraction of sp³-hybridized carbons (Fsp3) is 0.200. The summed E-state index contributed by atoms with van der Waals surface area (Å²) in [6.07, 6.45) is 1.66. The van der Waals surface area contributed by atoms with Crippen molar-refractivity contribution >= 4 is 22.6 Å². The van der Waals surface area contributed by atoms with Crippen LogP contribution in [-0.4, -0.2) is 16.6 Å². The quantitative estimate of drug-likeness (QED) is 0.761. The second-order valence-electron chi connectivity index (χ2n) is 2.74. The van der Waals surface area contributed by atoms with Gasteiger partial charge in [0.2, 0.25) is 5.88 Å². The second-order valence-corrected chi connectivity index (χ2v) is 3.15. The summed E-state index contributed by atoms with van der Waals surface area (Å²) in [6, 6.07) is 5.35. The molecule has 0 saturated carbocycles. The van der Waals surface area contributed by atoms with Crippen molar-refractivity contribution in [1.82, 2.24) is 9.97 Å². The van der Waals surface area contributed by atoms with Gasteiger partial charge in [-0.2, -0.15) is 0 Å². The minimum absolute atomic E-state index is 0.579. The predicted octanol–water partition coefficient (Wildman–Crippen LogP) is 2.68. The third-order valence-electron chi connectivity index (χ3n) is 1.80. The van der Waals surface area contributed by atoms with E-state index >= 15 is 0 Å². The fourth-order valence-corrected chi connectivity index (χ4v) is 1.40. The SMILES string of the molecule is CCOc1ccc2nccc(Cl)c2n1. The van der Waals surface area contributed by atoms with Crippen LogP contribution in [-0.2, 0) is 0 Å². The summed E-state index contributed by atoms with van der Waals surface area (Å²) in [5.74, 6) is 0.579. The number of nitrogens with zero attached hydrogens (tertiary/aromatic N) is 2. The Labute approximate surface area is 86.7 Å². The smallest absolute Gasteiger partial charge is 0.213 e. The first-order chi connectivity index (χ1) is 6.81. The zero-order chi connectivity index (χ0) is 9.97. The number of aromatic nitrogens is 2. The molecule has 4 heteroatoms. The van der Waals surface area contributed by atoms with Crippen molar-refractivity contribution in [2.24, 2.45) is 0 Å². The van der Waals surface area contributed by atoms with Crippen LogP contribution in [0.15, 0.2) is 24.4 Å². The van der Waals surface area contributed by atoms with Crippen molar-refractivity contribution in [3.05, 3.63) is 29.4 Å². The lowest BCUT2D eigenvalue weighted by Crippen LogP contribution is -1.94. The maximum Gasteiger partial charge on any atom is 0.213 e. The van der Waals surface area contributed by atoms with Gasteiger partial charge in [-0.15, -0.1) is 0 Å². The average Bonchev–Trinajstić information content (AvgIpc) is 2.20. The van der Waals surface area contributed by atoms with E-state index in [1.54, 1.807) is 18.3 Å². The van der Waals surface area contributed by atoms with Crippen LogP contribution in [0.25, 0.3) is 11.0 Å². The molecule has 0 amide bonds. The van der Waals surface area contributed by atoms with E-state index in [1.807, 2.05) is 13.0 Å². The summed E-state index contributed by atoms with van der Waals surface area (Å²) in [6.45, 7) is 2.51. The van der Waals surface area contributed by atoms with Crippen molar-refractivity contribution in [3.63, 3.8) is 0 Å². The van der Waals surface area contributed by atoms with Crippen LogP contribution < -0.4 is 4.74 Å². The van der Waals surface area contributed by atoms with Gasteiger partial charge in [-0.3, -0.25) is 4.98 Å². The van der Waals surface area contributed by atoms with Crippen molar-refractivity contribution in [2.45, 2.75) is 6.92 Å². The highest BCUT2D eigenvalue weighted by molar-refractivity contribution is 6.34. The minimum Gasteiger partial charge on any atom is -0.478 e. The third kappa shape index (κ3) is 1.63. The average molecular weight is 209 g/mol. The molecule has 0 fully saturated rings. The number of ether oxygens (including phenoxy) is 1. The van der Waals surface area contributed by atoms with Crippen molar-refractivity contribution in [1.29, 1.82) is 0 Å². The van der Waals surface area contributed by atoms with Crippen LogP contribution in [0.3, 0.4) is 0 Å². The third-order valence-corrected chi connectivity index (χ3v) is 2.11. The molecule has 0 saturated heterocycles. The van der Waals surface area contributed by atoms with E-state index in [1.165, 1.54) is 0 Å². The zero-order valence-electron chi connectivity index (χ0n) is 7.70. The Morgan fingerprint density at radius 1 is 1.36 bits per heavy atom. The molecule has 3 nitrogen and oxygen atoms in total. The number of halogens is 1. The van der Waals surface area contributed by atoms with Crippen LogP contribution in [0, 0.1) is 0 Å². The van der Waals surface area contributed by atoms with E-state index in [0.717, 1.165) is 5.52 Å². The van der Waals surface area contributed by atoms with Gasteiger partial charge in [-0.05, 0) is 19.1 Å². The van der Waals surface area contributed by atoms with Crippen LogP contribution in [0.5, 0.6) is 5.88 Å². The Morgan fingerprint density at radius 3 is 3.00 bits per heavy atom. The molecule has 0 unspecified atom stereocenters. The Balaban J connectivity index is 2.58. The summed E-state index contributed by atoms with van der Waals surface area (Å²) in [5.41, 5.74) is 1.46. The Kier molecular flexibility index (Phi) is 2.50. The molecule has 0 bridgehead atoms. The standard InChI is InChI=1S/C10H9ClN2O/c1-2-14-9-4-3-8-10(13-9)7(11)5-6-12-8/h3-6H,2H2,1H3. The summed E-state index contributed by atoms with van der Waals surface area (Å²) in [5, 5.41) is 0.594. The zero-order valence-corrected chi connectivity index (χ0v) is 8.45. The number of hydrogen-bond acceptors (Lipinski definition) is 3. The van der Waals surface area contributed by atoms with E-state index in [4.69, 9.17) is 16.3 Å². The number of hydrogen-bond donors (Lipinski definition) is 0. The van der Waals surface area contributed by atoms with Crippen LogP contribution >= 0.6 is 11.6 Å². The summed E-state index contributed by atoms with van der Waals surface area (Å²) in [4.78, 5) is 8.39. The van der Waals surface area contributed by atoms with Gasteiger partial charge in [0.1, 0.15) is 5.52 Å². The normalized spacial score (nSPS) is 10.4. The van der Waals surface area contributed by atoms with Crippen molar-refractivity contribution < 1.29 is 4.74 Å². The van der Waals surface area contributed by atoms with E-state index in [2.05, 4.69) is 9.97 Å². The highest BCUT2D eigenvalue weighted by Crippen LogP contribution is 2.21. The molecule has 2 heterocycles. The summed E-state index contributed by atoms with van der Waals surface area (Å²) < 4.78 is 5.27. The molecule has 0 aliphatic carbocycles. The summed E-state index contributed by atoms with van der Waals surface area (Å²) >= 11 is 5.97. The molecule has 2 rings (SSSR count). The van der Waals surface area contributed by atoms with E-state index in [-0.39, 0.29) is 0 Å². The Hall–Kier alpha value is -1.35. The highest BCUT2D eigenvalue weighted by atomic mass is 35.5. The maximum atomic E-state index is 5.97. The molecule has 72 valence electrons. The molecule has 0 radical (unpaired) electrons. The molecule has 0 aliphatic rings. The van der Waals surface area contributed by atoms with Gasteiger partial charge in [0, 0.05) is 12.3 Å². The van der Waals surface area contributed by atoms with Gasteiger partial charge in [0.15, 0.2) is 0 Å². The molecule has 2 aromatic heterocycles. The molecule has 0 atom stereocenters. The van der Waals surface area contributed by atoms with Crippen molar-refractivity contribution in [2.75, 3.05) is 6.61 Å². The van der Waals surface area contributed by atoms with Gasteiger partial charge < -0.3 is 4.74 Å². The van der Waals surface area contributed by atoms with Crippen molar-refractivity contribution in [3.8, 4) is 5.88 Å². The molecule has 0 aromatic carbocycles. The van der Waals surface area contributed by atoms with Crippen LogP contribution in [0.1, 0.15) is 6.92 Å². The molecule has 2 aromatic rings. The van der Waals surface area contributed by atoms with E-state index < -0.39 is 0 Å². The highest BCUT2D eigenvalue weighted by Gasteiger charge is 2.02. The van der Waals surface area contributed by atoms with Crippen LogP contribution in [0.2, 0.25) is 5.02 Å². The molecule has 0 aliphatic heterocycles. The Bertz CT molecular complexity index is 459. The van der Waals surface area contributed by atoms with Crippen LogP contribution in [0.4, 0.5) is 0 Å². The van der Waals surface area contributed by atoms with Gasteiger partial charge in [-0.25, -0.2) is 4.98 Å². The molecule has 0 N–H and O–H groups in total. The maximum absolute atomic E-state index is 5.97. The number of rotatable bonds is 2. The van der Waals surface area contributed by atoms with E-state index in [0.29, 0.717) is 23.0 Å². The first kappa shape index (κ1) is 9.21. The minimum atomic E-state index is 0.579. The topological polar surface area (TPSA) is 35.0 Å². The second kappa shape index (κ2) is 3.80. The van der Waals surface area contributed by atoms with Gasteiger partial charge >= 0.3 is 0 Å². The molecular formula is C10H9ClN2O.